The summed E-state index contributed by atoms with van der Waals surface area (Å²) in [5.41, 5.74) is 4.42. The number of hydrogen-bond acceptors (Lipinski definition) is 3. The van der Waals surface area contributed by atoms with E-state index in [1.807, 2.05) is 18.3 Å². The topological polar surface area (TPSA) is 61.0 Å². The molecule has 1 aromatic carbocycles. The molecule has 1 amide bonds. The Labute approximate surface area is 148 Å². The fourth-order valence-corrected chi connectivity index (χ4v) is 3.95. The molecule has 2 N–H and O–H groups in total. The Kier molecular flexibility index (Phi) is 4.72. The van der Waals surface area contributed by atoms with Crippen LogP contribution in [0.25, 0.3) is 0 Å². The molecular formula is C20H26N4O. The highest BCUT2D eigenvalue weighted by molar-refractivity contribution is 5.94. The smallest absolute Gasteiger partial charge is 0.251 e. The van der Waals surface area contributed by atoms with Crippen LogP contribution in [0, 0.1) is 0 Å². The summed E-state index contributed by atoms with van der Waals surface area (Å²) in [6, 6.07) is 8.29. The fraction of sp³-hybridized carbons (Fsp3) is 0.500. The van der Waals surface area contributed by atoms with Gasteiger partial charge in [0.1, 0.15) is 0 Å². The molecular weight excluding hydrogens is 312 g/mol. The number of carbonyl (C=O) groups excluding carboxylic acids is 1. The minimum absolute atomic E-state index is 0.0235. The monoisotopic (exact) mass is 338 g/mol. The molecule has 1 unspecified atom stereocenters. The van der Waals surface area contributed by atoms with Crippen molar-refractivity contribution in [2.24, 2.45) is 0 Å². The highest BCUT2D eigenvalue weighted by Gasteiger charge is 2.22. The summed E-state index contributed by atoms with van der Waals surface area (Å²) in [6.45, 7) is 2.25. The van der Waals surface area contributed by atoms with Crippen molar-refractivity contribution in [3.05, 3.63) is 47.3 Å². The SMILES string of the molecule is O=C(NC1CCc2cn[nH]c2C1)c1ccc(N2CCCCCC2)cc1. The summed E-state index contributed by atoms with van der Waals surface area (Å²) in [5, 5.41) is 10.3. The van der Waals surface area contributed by atoms with Crippen molar-refractivity contribution in [2.45, 2.75) is 51.0 Å². The molecule has 1 aliphatic carbocycles. The first kappa shape index (κ1) is 16.2. The van der Waals surface area contributed by atoms with Crippen molar-refractivity contribution < 1.29 is 4.79 Å². The van der Waals surface area contributed by atoms with Crippen LogP contribution in [0.15, 0.2) is 30.5 Å². The Morgan fingerprint density at radius 3 is 2.64 bits per heavy atom. The zero-order valence-corrected chi connectivity index (χ0v) is 14.6. The average Bonchev–Trinajstić information content (AvgIpc) is 2.94. The minimum atomic E-state index is 0.0235. The third-order valence-corrected chi connectivity index (χ3v) is 5.46. The van der Waals surface area contributed by atoms with Gasteiger partial charge in [-0.1, -0.05) is 12.8 Å². The molecule has 2 aromatic rings. The van der Waals surface area contributed by atoms with Gasteiger partial charge in [0.25, 0.3) is 5.91 Å². The van der Waals surface area contributed by atoms with E-state index in [1.54, 1.807) is 0 Å². The molecule has 1 atom stereocenters. The zero-order valence-electron chi connectivity index (χ0n) is 14.6. The summed E-state index contributed by atoms with van der Waals surface area (Å²) in [7, 11) is 0. The molecule has 4 rings (SSSR count). The molecule has 5 nitrogen and oxygen atoms in total. The van der Waals surface area contributed by atoms with Gasteiger partial charge in [-0.05, 0) is 55.5 Å². The second kappa shape index (κ2) is 7.30. The molecule has 1 aliphatic heterocycles. The van der Waals surface area contributed by atoms with E-state index < -0.39 is 0 Å². The molecule has 0 saturated carbocycles. The predicted molar refractivity (Wildman–Crippen MR) is 99.0 cm³/mol. The number of benzene rings is 1. The first-order valence-corrected chi connectivity index (χ1v) is 9.46. The molecule has 132 valence electrons. The van der Waals surface area contributed by atoms with Crippen LogP contribution in [0.1, 0.15) is 53.7 Å². The summed E-state index contributed by atoms with van der Waals surface area (Å²) in [4.78, 5) is 15.0. The minimum Gasteiger partial charge on any atom is -0.372 e. The number of nitrogens with zero attached hydrogens (tertiary/aromatic N) is 2. The van der Waals surface area contributed by atoms with Crippen molar-refractivity contribution in [1.29, 1.82) is 0 Å². The van der Waals surface area contributed by atoms with E-state index in [0.29, 0.717) is 0 Å². The van der Waals surface area contributed by atoms with Crippen molar-refractivity contribution in [3.8, 4) is 0 Å². The van der Waals surface area contributed by atoms with Crippen LogP contribution < -0.4 is 10.2 Å². The van der Waals surface area contributed by atoms with Crippen molar-refractivity contribution in [1.82, 2.24) is 15.5 Å². The molecule has 0 spiro atoms. The Balaban J connectivity index is 1.37. The fourth-order valence-electron chi connectivity index (χ4n) is 3.95. The third-order valence-electron chi connectivity index (χ3n) is 5.46. The summed E-state index contributed by atoms with van der Waals surface area (Å²) >= 11 is 0. The number of nitrogens with one attached hydrogen (secondary N) is 2. The number of hydrogen-bond donors (Lipinski definition) is 2. The molecule has 25 heavy (non-hydrogen) atoms. The van der Waals surface area contributed by atoms with E-state index in [1.165, 1.54) is 36.9 Å². The van der Waals surface area contributed by atoms with E-state index in [9.17, 15) is 4.79 Å². The van der Waals surface area contributed by atoms with Gasteiger partial charge in [0.15, 0.2) is 0 Å². The first-order valence-electron chi connectivity index (χ1n) is 9.46. The second-order valence-electron chi connectivity index (χ2n) is 7.24. The number of amides is 1. The summed E-state index contributed by atoms with van der Waals surface area (Å²) in [6.07, 6.45) is 9.88. The summed E-state index contributed by atoms with van der Waals surface area (Å²) in [5.74, 6) is 0.0235. The second-order valence-corrected chi connectivity index (χ2v) is 7.24. The van der Waals surface area contributed by atoms with Gasteiger partial charge < -0.3 is 10.2 Å². The lowest BCUT2D eigenvalue weighted by atomic mass is 9.93. The lowest BCUT2D eigenvalue weighted by Crippen LogP contribution is -2.38. The molecule has 2 aliphatic rings. The van der Waals surface area contributed by atoms with Gasteiger partial charge in [0.05, 0.1) is 6.20 Å². The maximum absolute atomic E-state index is 12.6. The zero-order chi connectivity index (χ0) is 17.1. The Bertz CT molecular complexity index is 714. The van der Waals surface area contributed by atoms with Crippen LogP contribution in [0.4, 0.5) is 5.69 Å². The van der Waals surface area contributed by atoms with Gasteiger partial charge in [-0.2, -0.15) is 5.10 Å². The van der Waals surface area contributed by atoms with Gasteiger partial charge in [-0.3, -0.25) is 9.89 Å². The molecule has 1 aromatic heterocycles. The van der Waals surface area contributed by atoms with Gasteiger partial charge in [0.2, 0.25) is 0 Å². The number of rotatable bonds is 3. The lowest BCUT2D eigenvalue weighted by molar-refractivity contribution is 0.0933. The average molecular weight is 338 g/mol. The normalized spacial score (nSPS) is 20.6. The van der Waals surface area contributed by atoms with Crippen LogP contribution in [0.2, 0.25) is 0 Å². The predicted octanol–water partition coefficient (Wildman–Crippen LogP) is 3.08. The van der Waals surface area contributed by atoms with Crippen LogP contribution in [-0.4, -0.2) is 35.2 Å². The van der Waals surface area contributed by atoms with Crippen molar-refractivity contribution in [3.63, 3.8) is 0 Å². The van der Waals surface area contributed by atoms with E-state index in [4.69, 9.17) is 0 Å². The van der Waals surface area contributed by atoms with Crippen LogP contribution in [0.5, 0.6) is 0 Å². The molecule has 0 radical (unpaired) electrons. The van der Waals surface area contributed by atoms with Gasteiger partial charge in [0, 0.05) is 42.5 Å². The highest BCUT2D eigenvalue weighted by Crippen LogP contribution is 2.21. The van der Waals surface area contributed by atoms with Crippen molar-refractivity contribution >= 4 is 11.6 Å². The number of aromatic nitrogens is 2. The number of aryl methyl sites for hydroxylation is 1. The largest absolute Gasteiger partial charge is 0.372 e. The quantitative estimate of drug-likeness (QED) is 0.904. The van der Waals surface area contributed by atoms with Gasteiger partial charge in [-0.15, -0.1) is 0 Å². The Morgan fingerprint density at radius 1 is 1.12 bits per heavy atom. The molecule has 1 fully saturated rings. The number of anilines is 1. The maximum Gasteiger partial charge on any atom is 0.251 e. The van der Waals surface area contributed by atoms with Gasteiger partial charge in [-0.25, -0.2) is 0 Å². The van der Waals surface area contributed by atoms with Gasteiger partial charge >= 0.3 is 0 Å². The van der Waals surface area contributed by atoms with Crippen LogP contribution in [0.3, 0.4) is 0 Å². The van der Waals surface area contributed by atoms with E-state index in [-0.39, 0.29) is 11.9 Å². The third kappa shape index (κ3) is 3.70. The number of carbonyl (C=O) groups is 1. The van der Waals surface area contributed by atoms with Crippen LogP contribution >= 0.6 is 0 Å². The van der Waals surface area contributed by atoms with Crippen molar-refractivity contribution in [2.75, 3.05) is 18.0 Å². The number of H-pyrrole nitrogens is 1. The molecule has 1 saturated heterocycles. The summed E-state index contributed by atoms with van der Waals surface area (Å²) < 4.78 is 0. The highest BCUT2D eigenvalue weighted by atomic mass is 16.1. The van der Waals surface area contributed by atoms with E-state index >= 15 is 0 Å². The number of aromatic amines is 1. The maximum atomic E-state index is 12.6. The molecule has 5 heteroatoms. The Morgan fingerprint density at radius 2 is 1.88 bits per heavy atom. The standard InChI is InChI=1S/C20H26N4O/c25-20(22-17-8-5-16-14-21-23-19(16)13-17)15-6-9-18(10-7-15)24-11-3-1-2-4-12-24/h6-7,9-10,14,17H,1-5,8,11-13H2,(H,21,23)(H,22,25). The van der Waals surface area contributed by atoms with Crippen LogP contribution in [-0.2, 0) is 12.8 Å². The Hall–Kier alpha value is -2.30. The number of fused-ring (bicyclic) bond motifs is 1. The lowest BCUT2D eigenvalue weighted by Gasteiger charge is -2.24. The van der Waals surface area contributed by atoms with E-state index in [0.717, 1.165) is 43.6 Å². The molecule has 0 bridgehead atoms. The first-order chi connectivity index (χ1) is 12.3. The molecule has 2 heterocycles. The van der Waals surface area contributed by atoms with E-state index in [2.05, 4.69) is 32.5 Å².